The first-order chi connectivity index (χ1) is 7.31. The summed E-state index contributed by atoms with van der Waals surface area (Å²) >= 11 is 6.09. The van der Waals surface area contributed by atoms with Crippen LogP contribution in [0.5, 0.6) is 5.75 Å². The Morgan fingerprint density at radius 3 is 2.60 bits per heavy atom. The molecule has 0 aliphatic carbocycles. The maximum absolute atomic E-state index is 6.09. The molecule has 2 aromatic carbocycles. The van der Waals surface area contributed by atoms with Crippen molar-refractivity contribution in [3.05, 3.63) is 53.6 Å². The van der Waals surface area contributed by atoms with Crippen molar-refractivity contribution in [2.24, 2.45) is 0 Å². The van der Waals surface area contributed by atoms with Gasteiger partial charge < -0.3 is 4.74 Å². The molecule has 0 bridgehead atoms. The minimum absolute atomic E-state index is 0.715. The molecule has 2 heteroatoms. The molecule has 1 radical (unpaired) electrons. The first-order valence-corrected chi connectivity index (χ1v) is 5.00. The second-order valence-electron chi connectivity index (χ2n) is 3.11. The zero-order chi connectivity index (χ0) is 10.7. The van der Waals surface area contributed by atoms with Gasteiger partial charge in [-0.1, -0.05) is 41.9 Å². The molecule has 0 unspecified atom stereocenters. The van der Waals surface area contributed by atoms with Gasteiger partial charge >= 0.3 is 0 Å². The van der Waals surface area contributed by atoms with Crippen LogP contribution >= 0.6 is 11.6 Å². The summed E-state index contributed by atoms with van der Waals surface area (Å²) in [6.45, 7) is 0. The fraction of sp³-hybridized carbons (Fsp3) is 0.0769. The Morgan fingerprint density at radius 2 is 1.87 bits per heavy atom. The zero-order valence-corrected chi connectivity index (χ0v) is 9.08. The maximum atomic E-state index is 6.09. The van der Waals surface area contributed by atoms with Crippen molar-refractivity contribution in [3.63, 3.8) is 0 Å². The second kappa shape index (κ2) is 4.37. The fourth-order valence-electron chi connectivity index (χ4n) is 1.40. The Labute approximate surface area is 94.3 Å². The van der Waals surface area contributed by atoms with Crippen molar-refractivity contribution in [1.82, 2.24) is 0 Å². The van der Waals surface area contributed by atoms with Crippen molar-refractivity contribution in [1.29, 1.82) is 0 Å². The van der Waals surface area contributed by atoms with Gasteiger partial charge in [-0.25, -0.2) is 0 Å². The quantitative estimate of drug-likeness (QED) is 0.743. The SMILES string of the molecule is COc1[c]c(-c2ccccc2Cl)ccc1. The van der Waals surface area contributed by atoms with Crippen LogP contribution in [-0.2, 0) is 0 Å². The van der Waals surface area contributed by atoms with Gasteiger partial charge in [0, 0.05) is 16.7 Å². The molecular weight excluding hydrogens is 208 g/mol. The lowest BCUT2D eigenvalue weighted by atomic mass is 10.1. The van der Waals surface area contributed by atoms with Gasteiger partial charge in [0.25, 0.3) is 0 Å². The molecule has 0 amide bonds. The third-order valence-corrected chi connectivity index (χ3v) is 2.48. The average molecular weight is 218 g/mol. The van der Waals surface area contributed by atoms with E-state index in [-0.39, 0.29) is 0 Å². The molecule has 0 aliphatic rings. The van der Waals surface area contributed by atoms with E-state index in [0.717, 1.165) is 16.1 Å². The van der Waals surface area contributed by atoms with Crippen LogP contribution in [0.1, 0.15) is 0 Å². The molecule has 15 heavy (non-hydrogen) atoms. The van der Waals surface area contributed by atoms with Crippen LogP contribution in [0.3, 0.4) is 0 Å². The van der Waals surface area contributed by atoms with E-state index in [2.05, 4.69) is 6.07 Å². The lowest BCUT2D eigenvalue weighted by molar-refractivity contribution is 0.414. The molecule has 0 atom stereocenters. The molecule has 0 saturated carbocycles. The van der Waals surface area contributed by atoms with Gasteiger partial charge in [0.15, 0.2) is 0 Å². The minimum atomic E-state index is 0.715. The van der Waals surface area contributed by atoms with Crippen LogP contribution in [0.15, 0.2) is 42.5 Å². The van der Waals surface area contributed by atoms with E-state index in [9.17, 15) is 0 Å². The van der Waals surface area contributed by atoms with Gasteiger partial charge in [-0.3, -0.25) is 0 Å². The summed E-state index contributed by atoms with van der Waals surface area (Å²) < 4.78 is 5.12. The third-order valence-electron chi connectivity index (χ3n) is 2.15. The monoisotopic (exact) mass is 217 g/mol. The lowest BCUT2D eigenvalue weighted by Crippen LogP contribution is -1.84. The summed E-state index contributed by atoms with van der Waals surface area (Å²) in [6, 6.07) is 16.6. The summed E-state index contributed by atoms with van der Waals surface area (Å²) in [4.78, 5) is 0. The van der Waals surface area contributed by atoms with E-state index in [1.54, 1.807) is 7.11 Å². The topological polar surface area (TPSA) is 9.23 Å². The molecule has 0 aliphatic heterocycles. The Balaban J connectivity index is 2.49. The Kier molecular flexibility index (Phi) is 2.93. The number of halogens is 1. The summed E-state index contributed by atoms with van der Waals surface area (Å²) in [6.07, 6.45) is 0. The summed E-state index contributed by atoms with van der Waals surface area (Å²) in [5, 5.41) is 0.724. The fourth-order valence-corrected chi connectivity index (χ4v) is 1.64. The van der Waals surface area contributed by atoms with Gasteiger partial charge in [-0.2, -0.15) is 0 Å². The smallest absolute Gasteiger partial charge is 0.127 e. The largest absolute Gasteiger partial charge is 0.496 e. The molecule has 75 valence electrons. The van der Waals surface area contributed by atoms with Crippen molar-refractivity contribution >= 4 is 11.6 Å². The van der Waals surface area contributed by atoms with Crippen LogP contribution in [0.2, 0.25) is 5.02 Å². The van der Waals surface area contributed by atoms with E-state index in [1.165, 1.54) is 0 Å². The molecule has 0 saturated heterocycles. The molecule has 0 fully saturated rings. The number of rotatable bonds is 2. The third kappa shape index (κ3) is 2.13. The Hall–Kier alpha value is -1.47. The van der Waals surface area contributed by atoms with E-state index >= 15 is 0 Å². The Morgan fingerprint density at radius 1 is 1.07 bits per heavy atom. The number of methoxy groups -OCH3 is 1. The molecular formula is C13H10ClO. The molecule has 1 nitrogen and oxygen atoms in total. The van der Waals surface area contributed by atoms with Crippen molar-refractivity contribution in [3.8, 4) is 16.9 Å². The standard InChI is InChI=1S/C13H10ClO/c1-15-11-6-4-5-10(9-11)12-7-2-3-8-13(12)14/h2-8H,1H3. The molecule has 0 heterocycles. The Bertz CT molecular complexity index is 466. The van der Waals surface area contributed by atoms with Gasteiger partial charge in [-0.15, -0.1) is 0 Å². The van der Waals surface area contributed by atoms with Crippen LogP contribution in [0, 0.1) is 6.07 Å². The molecule has 0 aromatic heterocycles. The predicted octanol–water partition coefficient (Wildman–Crippen LogP) is 3.82. The summed E-state index contributed by atoms with van der Waals surface area (Å²) in [5.41, 5.74) is 1.91. The van der Waals surface area contributed by atoms with Gasteiger partial charge in [0.05, 0.1) is 7.11 Å². The second-order valence-corrected chi connectivity index (χ2v) is 3.52. The van der Waals surface area contributed by atoms with E-state index in [0.29, 0.717) is 5.75 Å². The average Bonchev–Trinajstić information content (AvgIpc) is 2.30. The molecule has 2 aromatic rings. The molecule has 2 rings (SSSR count). The summed E-state index contributed by atoms with van der Waals surface area (Å²) in [7, 11) is 1.63. The van der Waals surface area contributed by atoms with Crippen LogP contribution in [0.25, 0.3) is 11.1 Å². The number of benzene rings is 2. The summed E-state index contributed by atoms with van der Waals surface area (Å²) in [5.74, 6) is 0.715. The first-order valence-electron chi connectivity index (χ1n) is 4.62. The van der Waals surface area contributed by atoms with Crippen LogP contribution in [-0.4, -0.2) is 7.11 Å². The normalized spacial score (nSPS) is 10.0. The highest BCUT2D eigenvalue weighted by Crippen LogP contribution is 2.28. The number of ether oxygens (including phenoxy) is 1. The number of hydrogen-bond donors (Lipinski definition) is 0. The molecule has 0 spiro atoms. The van der Waals surface area contributed by atoms with Crippen molar-refractivity contribution in [2.75, 3.05) is 7.11 Å². The van der Waals surface area contributed by atoms with Crippen molar-refractivity contribution in [2.45, 2.75) is 0 Å². The van der Waals surface area contributed by atoms with Gasteiger partial charge in [0.2, 0.25) is 0 Å². The highest BCUT2D eigenvalue weighted by atomic mass is 35.5. The van der Waals surface area contributed by atoms with Gasteiger partial charge in [0.1, 0.15) is 5.75 Å². The maximum Gasteiger partial charge on any atom is 0.127 e. The zero-order valence-electron chi connectivity index (χ0n) is 8.33. The van der Waals surface area contributed by atoms with E-state index in [1.807, 2.05) is 42.5 Å². The predicted molar refractivity (Wildman–Crippen MR) is 62.3 cm³/mol. The van der Waals surface area contributed by atoms with Crippen LogP contribution in [0.4, 0.5) is 0 Å². The highest BCUT2D eigenvalue weighted by Gasteiger charge is 2.03. The van der Waals surface area contributed by atoms with E-state index in [4.69, 9.17) is 16.3 Å². The lowest BCUT2D eigenvalue weighted by Gasteiger charge is -2.05. The molecule has 0 N–H and O–H groups in total. The highest BCUT2D eigenvalue weighted by molar-refractivity contribution is 6.33. The van der Waals surface area contributed by atoms with Gasteiger partial charge in [-0.05, 0) is 17.7 Å². The van der Waals surface area contributed by atoms with E-state index < -0.39 is 0 Å². The van der Waals surface area contributed by atoms with Crippen molar-refractivity contribution < 1.29 is 4.74 Å². The number of hydrogen-bond acceptors (Lipinski definition) is 1. The first kappa shape index (κ1) is 10.1. The van der Waals surface area contributed by atoms with Crippen LogP contribution < -0.4 is 4.74 Å². The minimum Gasteiger partial charge on any atom is -0.496 e.